The quantitative estimate of drug-likeness (QED) is 0.859. The fourth-order valence-electron chi connectivity index (χ4n) is 1.70. The van der Waals surface area contributed by atoms with Crippen molar-refractivity contribution >= 4 is 29.5 Å². The van der Waals surface area contributed by atoms with Gasteiger partial charge >= 0.3 is 0 Å². The molecule has 0 aliphatic carbocycles. The van der Waals surface area contributed by atoms with Crippen LogP contribution in [0.5, 0.6) is 5.75 Å². The molecule has 0 saturated heterocycles. The fourth-order valence-corrected chi connectivity index (χ4v) is 1.82. The van der Waals surface area contributed by atoms with Crippen molar-refractivity contribution in [3.05, 3.63) is 59.1 Å². The highest BCUT2D eigenvalue weighted by Crippen LogP contribution is 2.16. The van der Waals surface area contributed by atoms with Crippen LogP contribution in [0.3, 0.4) is 0 Å². The van der Waals surface area contributed by atoms with Crippen molar-refractivity contribution in [2.24, 2.45) is 0 Å². The predicted octanol–water partition coefficient (Wildman–Crippen LogP) is 3.56. The monoisotopic (exact) mass is 303 g/mol. The minimum absolute atomic E-state index is 0.283. The van der Waals surface area contributed by atoms with Gasteiger partial charge in [-0.15, -0.1) is 0 Å². The molecule has 0 aromatic heterocycles. The smallest absolute Gasteiger partial charge is 0.265 e. The number of halogens is 1. The van der Waals surface area contributed by atoms with E-state index in [2.05, 4.69) is 5.32 Å². The van der Waals surface area contributed by atoms with E-state index in [1.165, 1.54) is 0 Å². The second-order valence-corrected chi connectivity index (χ2v) is 4.88. The Morgan fingerprint density at radius 2 is 1.95 bits per heavy atom. The minimum atomic E-state index is -0.692. The van der Waals surface area contributed by atoms with Crippen molar-refractivity contribution in [1.29, 1.82) is 0 Å². The fraction of sp³-hybridized carbons (Fsp3) is 0.125. The van der Waals surface area contributed by atoms with Gasteiger partial charge in [0.15, 0.2) is 6.10 Å². The zero-order chi connectivity index (χ0) is 15.2. The molecule has 0 saturated carbocycles. The molecule has 2 aromatic carbocycles. The average molecular weight is 304 g/mol. The molecule has 5 heteroatoms. The first-order valence-corrected chi connectivity index (χ1v) is 6.74. The van der Waals surface area contributed by atoms with Crippen LogP contribution >= 0.6 is 11.6 Å². The lowest BCUT2D eigenvalue weighted by atomic mass is 10.2. The summed E-state index contributed by atoms with van der Waals surface area (Å²) in [5, 5.41) is 3.33. The first-order chi connectivity index (χ1) is 10.1. The Morgan fingerprint density at radius 3 is 2.62 bits per heavy atom. The van der Waals surface area contributed by atoms with E-state index in [0.29, 0.717) is 22.0 Å². The van der Waals surface area contributed by atoms with Gasteiger partial charge in [-0.3, -0.25) is 9.59 Å². The first-order valence-electron chi connectivity index (χ1n) is 6.37. The highest BCUT2D eigenvalue weighted by atomic mass is 35.5. The third kappa shape index (κ3) is 4.33. The van der Waals surface area contributed by atoms with Gasteiger partial charge in [-0.2, -0.15) is 0 Å². The summed E-state index contributed by atoms with van der Waals surface area (Å²) in [6, 6.07) is 13.4. The second-order valence-electron chi connectivity index (χ2n) is 4.45. The van der Waals surface area contributed by atoms with E-state index in [1.807, 2.05) is 0 Å². The number of ether oxygens (including phenoxy) is 1. The molecule has 4 nitrogen and oxygen atoms in total. The summed E-state index contributed by atoms with van der Waals surface area (Å²) in [6.07, 6.45) is 0.0354. The summed E-state index contributed by atoms with van der Waals surface area (Å²) in [7, 11) is 0. The van der Waals surface area contributed by atoms with Crippen LogP contribution < -0.4 is 10.1 Å². The van der Waals surface area contributed by atoms with E-state index >= 15 is 0 Å². The van der Waals surface area contributed by atoms with Crippen LogP contribution in [0.25, 0.3) is 0 Å². The molecule has 21 heavy (non-hydrogen) atoms. The van der Waals surface area contributed by atoms with Crippen molar-refractivity contribution in [3.63, 3.8) is 0 Å². The predicted molar refractivity (Wildman–Crippen MR) is 82.0 cm³/mol. The molecule has 1 N–H and O–H groups in total. The number of carbonyl (C=O) groups is 2. The number of aldehydes is 1. The highest BCUT2D eigenvalue weighted by Gasteiger charge is 2.15. The van der Waals surface area contributed by atoms with Gasteiger partial charge in [0.25, 0.3) is 5.91 Å². The van der Waals surface area contributed by atoms with Crippen LogP contribution in [0.15, 0.2) is 48.5 Å². The number of hydrogen-bond donors (Lipinski definition) is 1. The van der Waals surface area contributed by atoms with Crippen molar-refractivity contribution in [2.75, 3.05) is 5.32 Å². The summed E-state index contributed by atoms with van der Waals surface area (Å²) in [6.45, 7) is 1.64. The summed E-state index contributed by atoms with van der Waals surface area (Å²) in [4.78, 5) is 22.7. The standard InChI is InChI=1S/C16H14ClNO3/c1-11(21-15-4-2-3-12(9-15)10-19)16(20)18-14-7-5-13(17)6-8-14/h2-11H,1H3,(H,18,20). The molecule has 0 aliphatic heterocycles. The Hall–Kier alpha value is -2.33. The number of carbonyl (C=O) groups excluding carboxylic acids is 2. The van der Waals surface area contributed by atoms with Gasteiger partial charge in [-0.25, -0.2) is 0 Å². The van der Waals surface area contributed by atoms with E-state index in [1.54, 1.807) is 55.5 Å². The molecule has 0 bridgehead atoms. The Kier molecular flexibility index (Phi) is 4.95. The Balaban J connectivity index is 1.98. The Bertz CT molecular complexity index is 640. The number of benzene rings is 2. The number of amides is 1. The van der Waals surface area contributed by atoms with Gasteiger partial charge in [-0.05, 0) is 43.3 Å². The average Bonchev–Trinajstić information content (AvgIpc) is 2.49. The molecular weight excluding hydrogens is 290 g/mol. The second kappa shape index (κ2) is 6.90. The number of rotatable bonds is 5. The highest BCUT2D eigenvalue weighted by molar-refractivity contribution is 6.30. The Labute approximate surface area is 127 Å². The number of nitrogens with one attached hydrogen (secondary N) is 1. The molecule has 0 fully saturated rings. The number of anilines is 1. The summed E-state index contributed by atoms with van der Waals surface area (Å²) in [5.74, 6) is 0.187. The summed E-state index contributed by atoms with van der Waals surface area (Å²) in [5.41, 5.74) is 1.14. The molecular formula is C16H14ClNO3. The third-order valence-corrected chi connectivity index (χ3v) is 3.04. The molecule has 108 valence electrons. The lowest BCUT2D eigenvalue weighted by Crippen LogP contribution is -2.30. The van der Waals surface area contributed by atoms with E-state index in [4.69, 9.17) is 16.3 Å². The largest absolute Gasteiger partial charge is 0.481 e. The van der Waals surface area contributed by atoms with Gasteiger partial charge in [0.2, 0.25) is 0 Å². The topological polar surface area (TPSA) is 55.4 Å². The Morgan fingerprint density at radius 1 is 1.24 bits per heavy atom. The van der Waals surface area contributed by atoms with Crippen LogP contribution in [-0.4, -0.2) is 18.3 Å². The van der Waals surface area contributed by atoms with E-state index in [-0.39, 0.29) is 5.91 Å². The molecule has 0 radical (unpaired) electrons. The van der Waals surface area contributed by atoms with E-state index in [0.717, 1.165) is 6.29 Å². The van der Waals surface area contributed by atoms with Gasteiger partial charge in [-0.1, -0.05) is 23.7 Å². The minimum Gasteiger partial charge on any atom is -0.481 e. The van der Waals surface area contributed by atoms with Crippen molar-refractivity contribution in [1.82, 2.24) is 0 Å². The first kappa shape index (κ1) is 15.1. The third-order valence-electron chi connectivity index (χ3n) is 2.79. The maximum atomic E-state index is 12.0. The molecule has 0 spiro atoms. The van der Waals surface area contributed by atoms with Crippen LogP contribution in [0.4, 0.5) is 5.69 Å². The summed E-state index contributed by atoms with van der Waals surface area (Å²) >= 11 is 5.78. The van der Waals surface area contributed by atoms with E-state index in [9.17, 15) is 9.59 Å². The normalized spacial score (nSPS) is 11.5. The maximum Gasteiger partial charge on any atom is 0.265 e. The molecule has 0 aliphatic rings. The lowest BCUT2D eigenvalue weighted by Gasteiger charge is -2.15. The van der Waals surface area contributed by atoms with Crippen molar-refractivity contribution < 1.29 is 14.3 Å². The molecule has 1 amide bonds. The number of hydrogen-bond acceptors (Lipinski definition) is 3. The van der Waals surface area contributed by atoms with Gasteiger partial charge in [0.05, 0.1) is 0 Å². The van der Waals surface area contributed by atoms with Crippen molar-refractivity contribution in [3.8, 4) is 5.75 Å². The van der Waals surface area contributed by atoms with Crippen LogP contribution in [0, 0.1) is 0 Å². The van der Waals surface area contributed by atoms with Crippen LogP contribution in [0.2, 0.25) is 5.02 Å². The lowest BCUT2D eigenvalue weighted by molar-refractivity contribution is -0.122. The summed E-state index contributed by atoms with van der Waals surface area (Å²) < 4.78 is 5.52. The molecule has 2 rings (SSSR count). The van der Waals surface area contributed by atoms with Gasteiger partial charge in [0.1, 0.15) is 12.0 Å². The SMILES string of the molecule is CC(Oc1cccc(C=O)c1)C(=O)Nc1ccc(Cl)cc1. The van der Waals surface area contributed by atoms with Crippen LogP contribution in [0.1, 0.15) is 17.3 Å². The molecule has 0 heterocycles. The van der Waals surface area contributed by atoms with Crippen molar-refractivity contribution in [2.45, 2.75) is 13.0 Å². The van der Waals surface area contributed by atoms with Gasteiger partial charge in [0, 0.05) is 16.3 Å². The zero-order valence-electron chi connectivity index (χ0n) is 11.4. The van der Waals surface area contributed by atoms with E-state index < -0.39 is 6.10 Å². The van der Waals surface area contributed by atoms with Crippen LogP contribution in [-0.2, 0) is 4.79 Å². The molecule has 1 unspecified atom stereocenters. The zero-order valence-corrected chi connectivity index (χ0v) is 12.1. The molecule has 2 aromatic rings. The maximum absolute atomic E-state index is 12.0. The van der Waals surface area contributed by atoms with Gasteiger partial charge < -0.3 is 10.1 Å². The molecule has 1 atom stereocenters.